The maximum atomic E-state index is 12.8. The molecule has 0 radical (unpaired) electrons. The van der Waals surface area contributed by atoms with E-state index in [4.69, 9.17) is 4.74 Å². The second kappa shape index (κ2) is 7.64. The Hall–Kier alpha value is -2.66. The molecule has 11 heteroatoms. The third-order valence-corrected chi connectivity index (χ3v) is 6.92. The van der Waals surface area contributed by atoms with E-state index in [9.17, 15) is 22.8 Å². The Morgan fingerprint density at radius 2 is 1.93 bits per heavy atom. The molecule has 158 valence electrons. The number of urea groups is 1. The van der Waals surface area contributed by atoms with Crippen LogP contribution < -0.4 is 20.2 Å². The zero-order valence-corrected chi connectivity index (χ0v) is 17.3. The Morgan fingerprint density at radius 1 is 1.28 bits per heavy atom. The van der Waals surface area contributed by atoms with Crippen molar-refractivity contribution in [1.82, 2.24) is 20.5 Å². The minimum absolute atomic E-state index is 0.0431. The molecule has 3 N–H and O–H groups in total. The third kappa shape index (κ3) is 3.79. The van der Waals surface area contributed by atoms with E-state index in [1.165, 1.54) is 26.3 Å². The van der Waals surface area contributed by atoms with Gasteiger partial charge in [0.25, 0.3) is 11.8 Å². The first kappa shape index (κ1) is 21.1. The van der Waals surface area contributed by atoms with E-state index in [0.29, 0.717) is 23.8 Å². The highest BCUT2D eigenvalue weighted by Crippen LogP contribution is 2.36. The van der Waals surface area contributed by atoms with Crippen LogP contribution in [0.4, 0.5) is 4.79 Å². The first-order valence-corrected chi connectivity index (χ1v) is 10.7. The molecule has 1 spiro atoms. The maximum absolute atomic E-state index is 12.8. The summed E-state index contributed by atoms with van der Waals surface area (Å²) in [6.45, 7) is 2.09. The number of methoxy groups -OCH3 is 1. The zero-order chi connectivity index (χ0) is 21.4. The molecule has 0 aromatic heterocycles. The molecule has 1 heterocycles. The predicted molar refractivity (Wildman–Crippen MR) is 102 cm³/mol. The van der Waals surface area contributed by atoms with Gasteiger partial charge in [0.2, 0.25) is 10.0 Å². The molecule has 10 nitrogen and oxygen atoms in total. The molecule has 1 aromatic carbocycles. The lowest BCUT2D eigenvalue weighted by Crippen LogP contribution is -2.51. The summed E-state index contributed by atoms with van der Waals surface area (Å²) < 4.78 is 31.6. The van der Waals surface area contributed by atoms with Crippen molar-refractivity contribution in [2.24, 2.45) is 5.92 Å². The normalized spacial score (nSPS) is 24.5. The fraction of sp³-hybridized carbons (Fsp3) is 0.500. The molecular formula is C18H24N4O6S. The number of carbonyl (C=O) groups is 3. The minimum Gasteiger partial charge on any atom is -0.495 e. The van der Waals surface area contributed by atoms with Crippen LogP contribution in [0, 0.1) is 5.92 Å². The zero-order valence-electron chi connectivity index (χ0n) is 16.4. The standard InChI is InChI=1S/C18H24N4O6S/c1-11-6-8-18(9-7-11)16(24)22(17(25)20-18)21-15(23)12-4-5-13(28-3)14(10-12)29(26,27)19-2/h4-5,10-11,19H,6-9H2,1-3H3,(H,20,25)(H,21,23). The van der Waals surface area contributed by atoms with Gasteiger partial charge in [-0.15, -0.1) is 0 Å². The maximum Gasteiger partial charge on any atom is 0.344 e. The van der Waals surface area contributed by atoms with Crippen molar-refractivity contribution in [3.05, 3.63) is 23.8 Å². The SMILES string of the molecule is CNS(=O)(=O)c1cc(C(=O)NN2C(=O)NC3(CCC(C)CC3)C2=O)ccc1OC. The molecule has 0 unspecified atom stereocenters. The van der Waals surface area contributed by atoms with Crippen LogP contribution in [0.2, 0.25) is 0 Å². The number of carbonyl (C=O) groups excluding carboxylic acids is 3. The van der Waals surface area contributed by atoms with Crippen molar-refractivity contribution in [1.29, 1.82) is 0 Å². The molecule has 1 aliphatic carbocycles. The highest BCUT2D eigenvalue weighted by molar-refractivity contribution is 7.89. The Labute approximate surface area is 169 Å². The average molecular weight is 424 g/mol. The van der Waals surface area contributed by atoms with Gasteiger partial charge in [-0.25, -0.2) is 17.9 Å². The second-order valence-electron chi connectivity index (χ2n) is 7.35. The van der Waals surface area contributed by atoms with Gasteiger partial charge in [0.05, 0.1) is 7.11 Å². The number of nitrogens with zero attached hydrogens (tertiary/aromatic N) is 1. The Morgan fingerprint density at radius 3 is 2.52 bits per heavy atom. The van der Waals surface area contributed by atoms with Gasteiger partial charge >= 0.3 is 6.03 Å². The van der Waals surface area contributed by atoms with E-state index < -0.39 is 33.4 Å². The molecule has 1 aromatic rings. The highest BCUT2D eigenvalue weighted by atomic mass is 32.2. The summed E-state index contributed by atoms with van der Waals surface area (Å²) in [6, 6.07) is 3.10. The lowest BCUT2D eigenvalue weighted by molar-refractivity contribution is -0.134. The Kier molecular flexibility index (Phi) is 5.54. The molecule has 1 saturated carbocycles. The van der Waals surface area contributed by atoms with Gasteiger partial charge < -0.3 is 10.1 Å². The smallest absolute Gasteiger partial charge is 0.344 e. The van der Waals surface area contributed by atoms with Crippen LogP contribution in [0.25, 0.3) is 0 Å². The summed E-state index contributed by atoms with van der Waals surface area (Å²) in [5, 5.41) is 3.38. The first-order valence-electron chi connectivity index (χ1n) is 9.23. The lowest BCUT2D eigenvalue weighted by atomic mass is 9.77. The molecule has 3 rings (SSSR count). The number of rotatable bonds is 5. The number of imide groups is 1. The number of amides is 4. The van der Waals surface area contributed by atoms with Gasteiger partial charge in [-0.3, -0.25) is 15.0 Å². The van der Waals surface area contributed by atoms with Crippen LogP contribution in [-0.4, -0.2) is 51.0 Å². The van der Waals surface area contributed by atoms with Gasteiger partial charge in [0, 0.05) is 5.56 Å². The molecule has 2 fully saturated rings. The van der Waals surface area contributed by atoms with Crippen molar-refractivity contribution >= 4 is 27.9 Å². The molecular weight excluding hydrogens is 400 g/mol. The van der Waals surface area contributed by atoms with E-state index >= 15 is 0 Å². The third-order valence-electron chi connectivity index (χ3n) is 5.49. The summed E-state index contributed by atoms with van der Waals surface area (Å²) in [7, 11) is -1.35. The van der Waals surface area contributed by atoms with E-state index in [-0.39, 0.29) is 16.2 Å². The number of ether oxygens (including phenoxy) is 1. The quantitative estimate of drug-likeness (QED) is 0.597. The summed E-state index contributed by atoms with van der Waals surface area (Å²) in [5.41, 5.74) is 1.26. The molecule has 1 saturated heterocycles. The number of nitrogens with one attached hydrogen (secondary N) is 3. The van der Waals surface area contributed by atoms with Crippen LogP contribution in [0.3, 0.4) is 0 Å². The molecule has 29 heavy (non-hydrogen) atoms. The van der Waals surface area contributed by atoms with Crippen LogP contribution in [-0.2, 0) is 14.8 Å². The number of sulfonamides is 1. The van der Waals surface area contributed by atoms with Gasteiger partial charge in [-0.2, -0.15) is 5.01 Å². The van der Waals surface area contributed by atoms with E-state index in [1.807, 2.05) is 0 Å². The number of hydrogen-bond acceptors (Lipinski definition) is 6. The minimum atomic E-state index is -3.89. The van der Waals surface area contributed by atoms with Gasteiger partial charge in [0.15, 0.2) is 0 Å². The first-order chi connectivity index (χ1) is 13.6. The van der Waals surface area contributed by atoms with Crippen LogP contribution >= 0.6 is 0 Å². The van der Waals surface area contributed by atoms with E-state index in [2.05, 4.69) is 22.4 Å². The van der Waals surface area contributed by atoms with Crippen molar-refractivity contribution in [2.75, 3.05) is 14.2 Å². The second-order valence-corrected chi connectivity index (χ2v) is 9.20. The van der Waals surface area contributed by atoms with Gasteiger partial charge in [-0.1, -0.05) is 6.92 Å². The van der Waals surface area contributed by atoms with Crippen molar-refractivity contribution in [3.63, 3.8) is 0 Å². The predicted octanol–water partition coefficient (Wildman–Crippen LogP) is 0.749. The molecule has 4 amide bonds. The molecule has 1 aliphatic heterocycles. The Balaban J connectivity index is 1.83. The van der Waals surface area contributed by atoms with E-state index in [1.54, 1.807) is 0 Å². The summed E-state index contributed by atoms with van der Waals surface area (Å²) in [6.07, 6.45) is 2.63. The van der Waals surface area contributed by atoms with Crippen LogP contribution in [0.1, 0.15) is 43.0 Å². The van der Waals surface area contributed by atoms with Crippen LogP contribution in [0.5, 0.6) is 5.75 Å². The van der Waals surface area contributed by atoms with Gasteiger partial charge in [-0.05, 0) is 56.8 Å². The number of hydrazine groups is 1. The topological polar surface area (TPSA) is 134 Å². The highest BCUT2D eigenvalue weighted by Gasteiger charge is 2.53. The monoisotopic (exact) mass is 424 g/mol. The summed E-state index contributed by atoms with van der Waals surface area (Å²) in [4.78, 5) is 37.6. The fourth-order valence-electron chi connectivity index (χ4n) is 3.62. The van der Waals surface area contributed by atoms with Gasteiger partial charge in [0.1, 0.15) is 16.2 Å². The van der Waals surface area contributed by atoms with E-state index in [0.717, 1.165) is 18.9 Å². The van der Waals surface area contributed by atoms with Crippen molar-refractivity contribution in [2.45, 2.75) is 43.0 Å². The number of hydrogen-bond donors (Lipinski definition) is 3. The Bertz CT molecular complexity index is 953. The largest absolute Gasteiger partial charge is 0.495 e. The molecule has 0 bridgehead atoms. The molecule has 2 aliphatic rings. The average Bonchev–Trinajstić information content (AvgIpc) is 2.93. The molecule has 0 atom stereocenters. The van der Waals surface area contributed by atoms with Crippen molar-refractivity contribution in [3.8, 4) is 5.75 Å². The lowest BCUT2D eigenvalue weighted by Gasteiger charge is -2.33. The summed E-state index contributed by atoms with van der Waals surface area (Å²) in [5.74, 6) is -0.758. The summed E-state index contributed by atoms with van der Waals surface area (Å²) >= 11 is 0. The van der Waals surface area contributed by atoms with Crippen LogP contribution in [0.15, 0.2) is 23.1 Å². The fourth-order valence-corrected chi connectivity index (χ4v) is 4.54. The number of benzene rings is 1. The van der Waals surface area contributed by atoms with Crippen molar-refractivity contribution < 1.29 is 27.5 Å².